The van der Waals surface area contributed by atoms with E-state index in [1.165, 1.54) is 17.5 Å². The van der Waals surface area contributed by atoms with Crippen LogP contribution < -0.4 is 10.9 Å². The molecule has 2 N–H and O–H groups in total. The predicted octanol–water partition coefficient (Wildman–Crippen LogP) is 4.38. The molecule has 7 heteroatoms. The summed E-state index contributed by atoms with van der Waals surface area (Å²) >= 11 is 5.62. The molecule has 1 aromatic heterocycles. The summed E-state index contributed by atoms with van der Waals surface area (Å²) in [5, 5.41) is -0.214. The van der Waals surface area contributed by atoms with Crippen molar-refractivity contribution in [3.63, 3.8) is 0 Å². The summed E-state index contributed by atoms with van der Waals surface area (Å²) in [7, 11) is 0. The number of hydrogen-bond acceptors (Lipinski definition) is 5. The van der Waals surface area contributed by atoms with Gasteiger partial charge in [-0.05, 0) is 50.0 Å². The fourth-order valence-corrected chi connectivity index (χ4v) is 2.44. The number of halogens is 2. The van der Waals surface area contributed by atoms with Crippen LogP contribution in [0.2, 0.25) is 5.15 Å². The molecule has 0 aliphatic heterocycles. The van der Waals surface area contributed by atoms with E-state index in [1.54, 1.807) is 6.08 Å². The van der Waals surface area contributed by atoms with Crippen LogP contribution in [0.15, 0.2) is 59.0 Å². The second kappa shape index (κ2) is 9.13. The maximum absolute atomic E-state index is 13.7. The van der Waals surface area contributed by atoms with Crippen LogP contribution in [0.3, 0.4) is 0 Å². The van der Waals surface area contributed by atoms with Crippen LogP contribution in [-0.2, 0) is 0 Å². The van der Waals surface area contributed by atoms with E-state index in [0.29, 0.717) is 6.54 Å². The van der Waals surface area contributed by atoms with Gasteiger partial charge < -0.3 is 5.43 Å². The summed E-state index contributed by atoms with van der Waals surface area (Å²) in [5.41, 5.74) is 10.0. The van der Waals surface area contributed by atoms with E-state index in [2.05, 4.69) is 45.4 Å². The van der Waals surface area contributed by atoms with E-state index in [1.807, 2.05) is 19.1 Å². The van der Waals surface area contributed by atoms with Gasteiger partial charge in [-0.2, -0.15) is 4.39 Å². The number of hydrazine groups is 1. The molecular formula is C18H21ClFN5. The van der Waals surface area contributed by atoms with E-state index >= 15 is 0 Å². The van der Waals surface area contributed by atoms with Gasteiger partial charge in [-0.25, -0.2) is 9.97 Å². The molecule has 2 rings (SSSR count). The highest BCUT2D eigenvalue weighted by molar-refractivity contribution is 6.29. The Balaban J connectivity index is 1.99. The van der Waals surface area contributed by atoms with E-state index in [9.17, 15) is 4.39 Å². The molecule has 0 bridgehead atoms. The average Bonchev–Trinajstić information content (AvgIpc) is 2.61. The van der Waals surface area contributed by atoms with E-state index in [0.717, 1.165) is 24.3 Å². The van der Waals surface area contributed by atoms with Crippen LogP contribution in [0, 0.1) is 5.82 Å². The van der Waals surface area contributed by atoms with Crippen molar-refractivity contribution >= 4 is 23.1 Å². The highest BCUT2D eigenvalue weighted by Gasteiger charge is 2.11. The zero-order valence-electron chi connectivity index (χ0n) is 14.3. The van der Waals surface area contributed by atoms with Crippen LogP contribution in [-0.4, -0.2) is 22.2 Å². The third kappa shape index (κ3) is 5.53. The molecule has 0 radical (unpaired) electrons. The fourth-order valence-electron chi connectivity index (χ4n) is 2.31. The number of allylic oxidation sites excluding steroid dienone is 6. The molecule has 0 spiro atoms. The molecule has 0 amide bonds. The first-order valence-corrected chi connectivity index (χ1v) is 8.27. The number of rotatable bonds is 7. The monoisotopic (exact) mass is 361 g/mol. The molecule has 1 heterocycles. The second-order valence-corrected chi connectivity index (χ2v) is 5.92. The van der Waals surface area contributed by atoms with Gasteiger partial charge in [0, 0.05) is 11.4 Å². The fraction of sp³-hybridized carbons (Fsp3) is 0.278. The number of aromatic nitrogens is 2. The van der Waals surface area contributed by atoms with Crippen molar-refractivity contribution in [2.75, 3.05) is 12.0 Å². The quantitative estimate of drug-likeness (QED) is 0.327. The van der Waals surface area contributed by atoms with Crippen LogP contribution >= 0.6 is 11.6 Å². The molecule has 1 aliphatic rings. The molecule has 0 saturated heterocycles. The first-order chi connectivity index (χ1) is 12.0. The van der Waals surface area contributed by atoms with Gasteiger partial charge in [-0.1, -0.05) is 23.8 Å². The third-order valence-electron chi connectivity index (χ3n) is 3.64. The van der Waals surface area contributed by atoms with E-state index in [-0.39, 0.29) is 11.0 Å². The molecule has 5 nitrogen and oxygen atoms in total. The highest BCUT2D eigenvalue weighted by Crippen LogP contribution is 2.23. The van der Waals surface area contributed by atoms with Gasteiger partial charge in [0.1, 0.15) is 6.33 Å². The lowest BCUT2D eigenvalue weighted by atomic mass is 9.96. The van der Waals surface area contributed by atoms with Crippen molar-refractivity contribution in [1.82, 2.24) is 15.4 Å². The summed E-state index contributed by atoms with van der Waals surface area (Å²) < 4.78 is 13.7. The maximum atomic E-state index is 13.7. The van der Waals surface area contributed by atoms with Crippen LogP contribution in [0.4, 0.5) is 10.2 Å². The molecule has 25 heavy (non-hydrogen) atoms. The summed E-state index contributed by atoms with van der Waals surface area (Å²) in [6, 6.07) is 0. The van der Waals surface area contributed by atoms with E-state index < -0.39 is 5.82 Å². The summed E-state index contributed by atoms with van der Waals surface area (Å²) in [6.45, 7) is 8.33. The van der Waals surface area contributed by atoms with Gasteiger partial charge in [-0.15, -0.1) is 6.58 Å². The van der Waals surface area contributed by atoms with Gasteiger partial charge >= 0.3 is 0 Å². The summed E-state index contributed by atoms with van der Waals surface area (Å²) in [4.78, 5) is 11.7. The molecule has 0 unspecified atom stereocenters. The van der Waals surface area contributed by atoms with Crippen molar-refractivity contribution in [2.45, 2.75) is 26.7 Å². The van der Waals surface area contributed by atoms with Crippen molar-refractivity contribution < 1.29 is 4.39 Å². The van der Waals surface area contributed by atoms with Crippen LogP contribution in [0.25, 0.3) is 0 Å². The Morgan fingerprint density at radius 2 is 2.12 bits per heavy atom. The van der Waals surface area contributed by atoms with Gasteiger partial charge in [0.15, 0.2) is 11.0 Å². The minimum atomic E-state index is -0.683. The van der Waals surface area contributed by atoms with Gasteiger partial charge in [0.2, 0.25) is 5.82 Å². The zero-order valence-corrected chi connectivity index (χ0v) is 15.1. The Labute approximate surface area is 152 Å². The Bertz CT molecular complexity index is 765. The summed E-state index contributed by atoms with van der Waals surface area (Å²) in [5.74, 6) is -0.668. The first kappa shape index (κ1) is 18.9. The Morgan fingerprint density at radius 3 is 2.80 bits per heavy atom. The van der Waals surface area contributed by atoms with Gasteiger partial charge in [-0.3, -0.25) is 10.4 Å². The summed E-state index contributed by atoms with van der Waals surface area (Å²) in [6.07, 6.45) is 10.7. The number of nitrogens with zero attached hydrogens (tertiary/aromatic N) is 3. The molecule has 0 aromatic carbocycles. The van der Waals surface area contributed by atoms with Crippen molar-refractivity contribution in [3.8, 4) is 0 Å². The molecule has 132 valence electrons. The lowest BCUT2D eigenvalue weighted by Crippen LogP contribution is -2.23. The maximum Gasteiger partial charge on any atom is 0.204 e. The molecule has 0 atom stereocenters. The average molecular weight is 362 g/mol. The minimum absolute atomic E-state index is 0.0146. The molecule has 1 aliphatic carbocycles. The van der Waals surface area contributed by atoms with Crippen molar-refractivity contribution in [2.24, 2.45) is 4.99 Å². The first-order valence-electron chi connectivity index (χ1n) is 7.89. The molecule has 0 fully saturated rings. The van der Waals surface area contributed by atoms with Gasteiger partial charge in [0.05, 0.1) is 6.54 Å². The number of anilines is 1. The third-order valence-corrected chi connectivity index (χ3v) is 3.90. The zero-order chi connectivity index (χ0) is 18.2. The largest absolute Gasteiger partial charge is 0.304 e. The van der Waals surface area contributed by atoms with E-state index in [4.69, 9.17) is 11.6 Å². The number of nitrogens with one attached hydrogen (secondary N) is 2. The van der Waals surface area contributed by atoms with Crippen LogP contribution in [0.5, 0.6) is 0 Å². The SMILES string of the molecule is C=CCN=C(C)/C=C(\C)C1=CC=C(NNc2ncnc(Cl)c2F)CC1. The van der Waals surface area contributed by atoms with Crippen LogP contribution in [0.1, 0.15) is 26.7 Å². The molecular weight excluding hydrogens is 341 g/mol. The topological polar surface area (TPSA) is 62.2 Å². The predicted molar refractivity (Wildman–Crippen MR) is 101 cm³/mol. The number of aliphatic imine (C=N–C) groups is 1. The Hall–Kier alpha value is -2.47. The smallest absolute Gasteiger partial charge is 0.204 e. The minimum Gasteiger partial charge on any atom is -0.304 e. The standard InChI is InChI=1S/C18H21ClFN5/c1-4-9-21-13(3)10-12(2)14-5-7-15(8-6-14)24-25-18-16(20)17(19)22-11-23-18/h4-5,7,10-11,24H,1,6,8-9H2,2-3H3,(H,22,23,25)/b12-10+,21-13?. The van der Waals surface area contributed by atoms with Gasteiger partial charge in [0.25, 0.3) is 0 Å². The van der Waals surface area contributed by atoms with Crippen molar-refractivity contribution in [3.05, 3.63) is 65.0 Å². The lowest BCUT2D eigenvalue weighted by Gasteiger charge is -2.18. The second-order valence-electron chi connectivity index (χ2n) is 5.56. The highest BCUT2D eigenvalue weighted by atomic mass is 35.5. The Kier molecular flexibility index (Phi) is 6.89. The Morgan fingerprint density at radius 1 is 1.32 bits per heavy atom. The molecule has 1 aromatic rings. The lowest BCUT2D eigenvalue weighted by molar-refractivity contribution is 0.614. The normalized spacial score (nSPS) is 15.4. The van der Waals surface area contributed by atoms with Crippen molar-refractivity contribution in [1.29, 1.82) is 0 Å². The molecule has 0 saturated carbocycles. The number of hydrogen-bond donors (Lipinski definition) is 2.